The minimum atomic E-state index is -0.880. The third-order valence-electron chi connectivity index (χ3n) is 4.92. The van der Waals surface area contributed by atoms with Crippen molar-refractivity contribution in [2.24, 2.45) is 17.8 Å². The minimum Gasteiger partial charge on any atom is -0.481 e. The summed E-state index contributed by atoms with van der Waals surface area (Å²) in [5.74, 6) is -1.64. The van der Waals surface area contributed by atoms with E-state index in [2.05, 4.69) is 5.32 Å². The van der Waals surface area contributed by atoms with Crippen LogP contribution in [0.1, 0.15) is 52.4 Å². The summed E-state index contributed by atoms with van der Waals surface area (Å²) >= 11 is 0. The van der Waals surface area contributed by atoms with E-state index < -0.39 is 11.9 Å². The number of carboxylic acids is 1. The summed E-state index contributed by atoms with van der Waals surface area (Å²) in [5.41, 5.74) is 0. The van der Waals surface area contributed by atoms with E-state index in [1.54, 1.807) is 0 Å². The average molecular weight is 324 g/mol. The summed E-state index contributed by atoms with van der Waals surface area (Å²) in [7, 11) is 0. The van der Waals surface area contributed by atoms with Gasteiger partial charge in [0.1, 0.15) is 0 Å². The zero-order valence-electron chi connectivity index (χ0n) is 14.1. The Morgan fingerprint density at radius 1 is 1.30 bits per heavy atom. The van der Waals surface area contributed by atoms with E-state index in [1.807, 2.05) is 18.7 Å². The van der Waals surface area contributed by atoms with Gasteiger partial charge in [0.2, 0.25) is 11.8 Å². The molecule has 0 aromatic carbocycles. The maximum atomic E-state index is 12.3. The number of rotatable bonds is 7. The molecule has 2 N–H and O–H groups in total. The van der Waals surface area contributed by atoms with Crippen LogP contribution in [0.3, 0.4) is 0 Å². The first-order valence-electron chi connectivity index (χ1n) is 8.68. The average Bonchev–Trinajstić information content (AvgIpc) is 3.11. The lowest BCUT2D eigenvalue weighted by atomic mass is 9.97. The van der Waals surface area contributed by atoms with Crippen LogP contribution in [0.25, 0.3) is 0 Å². The lowest BCUT2D eigenvalue weighted by molar-refractivity contribution is -0.142. The highest BCUT2D eigenvalue weighted by Crippen LogP contribution is 2.29. The van der Waals surface area contributed by atoms with Gasteiger partial charge in [-0.2, -0.15) is 0 Å². The Balaban J connectivity index is 1.83. The first-order chi connectivity index (χ1) is 10.9. The molecule has 1 heterocycles. The molecule has 0 aromatic heterocycles. The second kappa shape index (κ2) is 7.79. The van der Waals surface area contributed by atoms with Crippen molar-refractivity contribution < 1.29 is 19.5 Å². The predicted molar refractivity (Wildman–Crippen MR) is 85.7 cm³/mol. The molecule has 0 bridgehead atoms. The largest absolute Gasteiger partial charge is 0.481 e. The zero-order valence-corrected chi connectivity index (χ0v) is 14.1. The lowest BCUT2D eigenvalue weighted by Gasteiger charge is -2.24. The number of likely N-dealkylation sites (tertiary alicyclic amines) is 1. The Bertz CT molecular complexity index is 458. The van der Waals surface area contributed by atoms with Crippen molar-refractivity contribution in [2.45, 2.75) is 58.4 Å². The Hall–Kier alpha value is -1.59. The number of amides is 2. The van der Waals surface area contributed by atoms with Crippen molar-refractivity contribution in [2.75, 3.05) is 13.1 Å². The van der Waals surface area contributed by atoms with Crippen LogP contribution in [0.5, 0.6) is 0 Å². The summed E-state index contributed by atoms with van der Waals surface area (Å²) in [6.07, 6.45) is 5.17. The van der Waals surface area contributed by atoms with Crippen molar-refractivity contribution in [3.8, 4) is 0 Å². The van der Waals surface area contributed by atoms with Crippen molar-refractivity contribution in [1.82, 2.24) is 10.2 Å². The van der Waals surface area contributed by atoms with Crippen molar-refractivity contribution >= 4 is 17.8 Å². The standard InChI is InChI=1S/C17H28N2O4/c1-11(2)7-12(17(22)23)9-18-16(21)13-8-15(20)19(10-13)14-5-3-4-6-14/h11-14H,3-10H2,1-2H3,(H,18,21)(H,22,23). The van der Waals surface area contributed by atoms with E-state index in [-0.39, 0.29) is 36.6 Å². The van der Waals surface area contributed by atoms with E-state index in [9.17, 15) is 19.5 Å². The van der Waals surface area contributed by atoms with Gasteiger partial charge in [-0.05, 0) is 25.2 Å². The number of hydrogen-bond acceptors (Lipinski definition) is 3. The molecule has 2 amide bonds. The highest BCUT2D eigenvalue weighted by atomic mass is 16.4. The van der Waals surface area contributed by atoms with Crippen molar-refractivity contribution in [1.29, 1.82) is 0 Å². The van der Waals surface area contributed by atoms with Crippen molar-refractivity contribution in [3.05, 3.63) is 0 Å². The van der Waals surface area contributed by atoms with E-state index >= 15 is 0 Å². The molecule has 2 aliphatic rings. The quantitative estimate of drug-likeness (QED) is 0.745. The summed E-state index contributed by atoms with van der Waals surface area (Å²) < 4.78 is 0. The van der Waals surface area contributed by atoms with E-state index in [1.165, 1.54) is 0 Å². The SMILES string of the molecule is CC(C)CC(CNC(=O)C1CC(=O)N(C2CCCC2)C1)C(=O)O. The molecule has 130 valence electrons. The van der Waals surface area contributed by atoms with Gasteiger partial charge in [0.15, 0.2) is 0 Å². The topological polar surface area (TPSA) is 86.7 Å². The van der Waals surface area contributed by atoms with Gasteiger partial charge in [-0.1, -0.05) is 26.7 Å². The molecule has 2 rings (SSSR count). The van der Waals surface area contributed by atoms with Crippen LogP contribution in [-0.4, -0.2) is 46.9 Å². The summed E-state index contributed by atoms with van der Waals surface area (Å²) in [6, 6.07) is 0.299. The van der Waals surface area contributed by atoms with Crippen LogP contribution in [0.4, 0.5) is 0 Å². The number of carbonyl (C=O) groups is 3. The van der Waals surface area contributed by atoms with E-state index in [0.717, 1.165) is 25.7 Å². The first-order valence-corrected chi connectivity index (χ1v) is 8.68. The molecule has 1 aliphatic heterocycles. The molecular weight excluding hydrogens is 296 g/mol. The number of carboxylic acid groups (broad SMARTS) is 1. The number of aliphatic carboxylic acids is 1. The Morgan fingerprint density at radius 2 is 1.96 bits per heavy atom. The molecule has 0 aromatic rings. The Morgan fingerprint density at radius 3 is 2.52 bits per heavy atom. The van der Waals surface area contributed by atoms with Gasteiger partial charge in [-0.25, -0.2) is 0 Å². The smallest absolute Gasteiger partial charge is 0.308 e. The Labute approximate surface area is 137 Å². The van der Waals surface area contributed by atoms with E-state index in [4.69, 9.17) is 0 Å². The molecule has 23 heavy (non-hydrogen) atoms. The number of nitrogens with zero attached hydrogens (tertiary/aromatic N) is 1. The zero-order chi connectivity index (χ0) is 17.0. The van der Waals surface area contributed by atoms with E-state index in [0.29, 0.717) is 19.0 Å². The van der Waals surface area contributed by atoms with Crippen LogP contribution < -0.4 is 5.32 Å². The summed E-state index contributed by atoms with van der Waals surface area (Å²) in [5, 5.41) is 12.0. The molecule has 2 fully saturated rings. The summed E-state index contributed by atoms with van der Waals surface area (Å²) in [4.78, 5) is 37.5. The fourth-order valence-electron chi connectivity index (χ4n) is 3.68. The molecule has 1 saturated heterocycles. The summed E-state index contributed by atoms with van der Waals surface area (Å²) in [6.45, 7) is 4.55. The van der Waals surface area contributed by atoms with Crippen LogP contribution in [-0.2, 0) is 14.4 Å². The molecule has 1 aliphatic carbocycles. The fraction of sp³-hybridized carbons (Fsp3) is 0.824. The third-order valence-corrected chi connectivity index (χ3v) is 4.92. The normalized spacial score (nSPS) is 23.5. The van der Waals surface area contributed by atoms with Gasteiger partial charge in [-0.15, -0.1) is 0 Å². The molecule has 0 spiro atoms. The highest BCUT2D eigenvalue weighted by Gasteiger charge is 2.38. The number of hydrogen-bond donors (Lipinski definition) is 2. The molecule has 6 heteroatoms. The molecular formula is C17H28N2O4. The molecule has 1 saturated carbocycles. The van der Waals surface area contributed by atoms with Gasteiger partial charge in [0.05, 0.1) is 11.8 Å². The maximum absolute atomic E-state index is 12.3. The molecule has 0 radical (unpaired) electrons. The predicted octanol–water partition coefficient (Wildman–Crippen LogP) is 1.64. The van der Waals surface area contributed by atoms with Gasteiger partial charge >= 0.3 is 5.97 Å². The monoisotopic (exact) mass is 324 g/mol. The second-order valence-electron chi connectivity index (χ2n) is 7.30. The number of nitrogens with one attached hydrogen (secondary N) is 1. The molecule has 2 atom stereocenters. The molecule has 2 unspecified atom stereocenters. The lowest BCUT2D eigenvalue weighted by Crippen LogP contribution is -2.39. The first kappa shape index (κ1) is 17.8. The minimum absolute atomic E-state index is 0.0639. The van der Waals surface area contributed by atoms with Gasteiger partial charge < -0.3 is 15.3 Å². The van der Waals surface area contributed by atoms with Crippen molar-refractivity contribution in [3.63, 3.8) is 0 Å². The fourth-order valence-corrected chi connectivity index (χ4v) is 3.68. The third kappa shape index (κ3) is 4.69. The van der Waals surface area contributed by atoms with Crippen LogP contribution >= 0.6 is 0 Å². The van der Waals surface area contributed by atoms with Crippen LogP contribution in [0, 0.1) is 17.8 Å². The van der Waals surface area contributed by atoms with Crippen LogP contribution in [0.15, 0.2) is 0 Å². The second-order valence-corrected chi connectivity index (χ2v) is 7.30. The Kier molecular flexibility index (Phi) is 6.02. The number of carbonyl (C=O) groups excluding carboxylic acids is 2. The highest BCUT2D eigenvalue weighted by molar-refractivity contribution is 5.89. The van der Waals surface area contributed by atoms with Crippen LogP contribution in [0.2, 0.25) is 0 Å². The molecule has 6 nitrogen and oxygen atoms in total. The van der Waals surface area contributed by atoms with Gasteiger partial charge in [0, 0.05) is 25.6 Å². The van der Waals surface area contributed by atoms with Gasteiger partial charge in [0.25, 0.3) is 0 Å². The maximum Gasteiger partial charge on any atom is 0.308 e. The van der Waals surface area contributed by atoms with Gasteiger partial charge in [-0.3, -0.25) is 14.4 Å².